The van der Waals surface area contributed by atoms with Crippen LogP contribution in [-0.2, 0) is 21.6 Å². The quantitative estimate of drug-likeness (QED) is 0.403. The first-order chi connectivity index (χ1) is 18.6. The Morgan fingerprint density at radius 3 is 2.46 bits per heavy atom. The van der Waals surface area contributed by atoms with Crippen LogP contribution in [0.1, 0.15) is 48.2 Å². The molecule has 1 spiro atoms. The van der Waals surface area contributed by atoms with E-state index in [4.69, 9.17) is 14.6 Å². The number of hydrogen-bond donors (Lipinski definition) is 1. The maximum absolute atomic E-state index is 13.4. The van der Waals surface area contributed by atoms with Crippen molar-refractivity contribution in [1.82, 2.24) is 9.88 Å². The van der Waals surface area contributed by atoms with Crippen LogP contribution in [0.5, 0.6) is 0 Å². The van der Waals surface area contributed by atoms with E-state index in [2.05, 4.69) is 22.0 Å². The molecule has 3 aromatic rings. The van der Waals surface area contributed by atoms with Gasteiger partial charge >= 0.3 is 12.1 Å². The fraction of sp³-hybridized carbons (Fsp3) is 0.367. The molecule has 0 unspecified atom stereocenters. The summed E-state index contributed by atoms with van der Waals surface area (Å²) in [5.74, 6) is -1.52. The van der Waals surface area contributed by atoms with Crippen molar-refractivity contribution in [1.29, 1.82) is 0 Å². The average Bonchev–Trinajstić information content (AvgIpc) is 3.26. The number of anilines is 1. The minimum atomic E-state index is -1.01. The first kappa shape index (κ1) is 26.8. The lowest BCUT2D eigenvalue weighted by Gasteiger charge is -2.37. The zero-order valence-electron chi connectivity index (χ0n) is 22.3. The van der Waals surface area contributed by atoms with Crippen LogP contribution in [0.2, 0.25) is 0 Å². The summed E-state index contributed by atoms with van der Waals surface area (Å²) in [7, 11) is 1.68. The minimum Gasteiger partial charge on any atom is -0.478 e. The second kappa shape index (κ2) is 10.4. The number of pyridine rings is 1. The molecule has 0 aliphatic carbocycles. The number of carbonyl (C=O) groups is 2. The molecule has 2 fully saturated rings. The van der Waals surface area contributed by atoms with Gasteiger partial charge in [0.05, 0.1) is 17.7 Å². The highest BCUT2D eigenvalue weighted by Crippen LogP contribution is 2.38. The molecule has 0 radical (unpaired) electrons. The molecule has 3 heterocycles. The first-order valence-electron chi connectivity index (χ1n) is 13.0. The molecule has 0 saturated carbocycles. The van der Waals surface area contributed by atoms with Crippen molar-refractivity contribution in [3.63, 3.8) is 0 Å². The molecule has 2 aromatic carbocycles. The van der Waals surface area contributed by atoms with E-state index in [0.29, 0.717) is 25.1 Å². The number of methoxy groups -OCH3 is 1. The third kappa shape index (κ3) is 5.51. The fourth-order valence-corrected chi connectivity index (χ4v) is 5.33. The number of benzene rings is 2. The Bertz CT molecular complexity index is 1370. The van der Waals surface area contributed by atoms with E-state index in [-0.39, 0.29) is 5.56 Å². The topological polar surface area (TPSA) is 92.2 Å². The van der Waals surface area contributed by atoms with E-state index in [1.165, 1.54) is 24.4 Å². The van der Waals surface area contributed by atoms with Crippen LogP contribution >= 0.6 is 0 Å². The normalized spacial score (nSPS) is 17.4. The molecule has 8 nitrogen and oxygen atoms in total. The number of rotatable bonds is 7. The number of halogens is 1. The van der Waals surface area contributed by atoms with Gasteiger partial charge in [0.25, 0.3) is 0 Å². The van der Waals surface area contributed by atoms with E-state index < -0.39 is 29.2 Å². The molecule has 204 valence electrons. The highest BCUT2D eigenvalue weighted by molar-refractivity contribution is 5.92. The number of ether oxygens (including phenoxy) is 2. The van der Waals surface area contributed by atoms with Gasteiger partial charge in [-0.15, -0.1) is 0 Å². The second-order valence-electron chi connectivity index (χ2n) is 10.7. The number of carboxylic acids is 1. The van der Waals surface area contributed by atoms with Crippen molar-refractivity contribution in [2.24, 2.45) is 0 Å². The van der Waals surface area contributed by atoms with E-state index in [1.807, 2.05) is 19.9 Å². The van der Waals surface area contributed by atoms with Crippen molar-refractivity contribution in [3.05, 3.63) is 83.4 Å². The van der Waals surface area contributed by atoms with E-state index in [9.17, 15) is 14.0 Å². The summed E-state index contributed by atoms with van der Waals surface area (Å²) in [5, 5.41) is 9.13. The number of aromatic carboxylic acids is 1. The standard InChI is InChI=1S/C30H32FN3O5/c1-29(2,38-3)25-16-20(4-10-24(25)22-7-11-26(31)32-17-22)18-33-14-12-30(13-15-33)19-34(28(37)39-30)23-8-5-21(6-9-23)27(35)36/h4-11,16-17H,12-15,18-19H2,1-3H3,(H,35,36). The summed E-state index contributed by atoms with van der Waals surface area (Å²) in [6, 6.07) is 15.6. The summed E-state index contributed by atoms with van der Waals surface area (Å²) in [6.07, 6.45) is 2.55. The van der Waals surface area contributed by atoms with Crippen molar-refractivity contribution >= 4 is 17.7 Å². The predicted octanol–water partition coefficient (Wildman–Crippen LogP) is 5.46. The maximum atomic E-state index is 13.4. The van der Waals surface area contributed by atoms with Gasteiger partial charge in [-0.1, -0.05) is 18.2 Å². The molecule has 1 amide bonds. The molecular weight excluding hydrogens is 501 g/mol. The van der Waals surface area contributed by atoms with Gasteiger partial charge in [-0.3, -0.25) is 9.80 Å². The molecule has 2 aliphatic heterocycles. The van der Waals surface area contributed by atoms with Gasteiger partial charge in [0.15, 0.2) is 0 Å². The zero-order chi connectivity index (χ0) is 27.8. The van der Waals surface area contributed by atoms with Gasteiger partial charge in [0.2, 0.25) is 5.95 Å². The number of amides is 1. The largest absolute Gasteiger partial charge is 0.478 e. The van der Waals surface area contributed by atoms with Crippen LogP contribution in [-0.4, -0.2) is 59.4 Å². The van der Waals surface area contributed by atoms with Gasteiger partial charge in [-0.05, 0) is 66.9 Å². The minimum absolute atomic E-state index is 0.175. The van der Waals surface area contributed by atoms with Gasteiger partial charge < -0.3 is 14.6 Å². The monoisotopic (exact) mass is 533 g/mol. The lowest BCUT2D eigenvalue weighted by molar-refractivity contribution is -0.00105. The average molecular weight is 534 g/mol. The molecule has 5 rings (SSSR count). The van der Waals surface area contributed by atoms with Crippen LogP contribution in [0.15, 0.2) is 60.8 Å². The fourth-order valence-electron chi connectivity index (χ4n) is 5.33. The first-order valence-corrected chi connectivity index (χ1v) is 13.0. The molecule has 1 N–H and O–H groups in total. The van der Waals surface area contributed by atoms with Gasteiger partial charge in [0, 0.05) is 57.0 Å². The van der Waals surface area contributed by atoms with Crippen molar-refractivity contribution in [2.75, 3.05) is 31.6 Å². The lowest BCUT2D eigenvalue weighted by atomic mass is 9.87. The van der Waals surface area contributed by atoms with Gasteiger partial charge in [-0.2, -0.15) is 4.39 Å². The van der Waals surface area contributed by atoms with Crippen LogP contribution in [0, 0.1) is 5.95 Å². The maximum Gasteiger partial charge on any atom is 0.415 e. The molecule has 0 atom stereocenters. The van der Waals surface area contributed by atoms with E-state index >= 15 is 0 Å². The van der Waals surface area contributed by atoms with Gasteiger partial charge in [0.1, 0.15) is 5.60 Å². The third-order valence-electron chi connectivity index (χ3n) is 7.85. The Kier molecular flexibility index (Phi) is 7.13. The van der Waals surface area contributed by atoms with Crippen LogP contribution in [0.3, 0.4) is 0 Å². The summed E-state index contributed by atoms with van der Waals surface area (Å²) >= 11 is 0. The summed E-state index contributed by atoms with van der Waals surface area (Å²) in [5.41, 5.74) is 3.60. The van der Waals surface area contributed by atoms with Gasteiger partial charge in [-0.25, -0.2) is 14.6 Å². The Morgan fingerprint density at radius 2 is 1.85 bits per heavy atom. The Morgan fingerprint density at radius 1 is 1.13 bits per heavy atom. The molecule has 9 heteroatoms. The smallest absolute Gasteiger partial charge is 0.415 e. The molecular formula is C30H32FN3O5. The summed E-state index contributed by atoms with van der Waals surface area (Å²) < 4.78 is 25.1. The number of piperidine rings is 1. The molecule has 2 aliphatic rings. The SMILES string of the molecule is COC(C)(C)c1cc(CN2CCC3(CC2)CN(c2ccc(C(=O)O)cc2)C(=O)O3)ccc1-c1ccc(F)nc1. The Hall–Kier alpha value is -3.82. The molecule has 0 bridgehead atoms. The van der Waals surface area contributed by atoms with Crippen molar-refractivity contribution in [3.8, 4) is 11.1 Å². The Balaban J connectivity index is 1.27. The molecule has 39 heavy (non-hydrogen) atoms. The summed E-state index contributed by atoms with van der Waals surface area (Å²) in [4.78, 5) is 31.6. The number of nitrogens with zero attached hydrogens (tertiary/aromatic N) is 3. The molecule has 1 aromatic heterocycles. The van der Waals surface area contributed by atoms with Crippen LogP contribution in [0.25, 0.3) is 11.1 Å². The third-order valence-corrected chi connectivity index (χ3v) is 7.85. The number of carbonyl (C=O) groups excluding carboxylic acids is 1. The van der Waals surface area contributed by atoms with Crippen LogP contribution < -0.4 is 4.90 Å². The number of carboxylic acid groups (broad SMARTS) is 1. The highest BCUT2D eigenvalue weighted by atomic mass is 19.1. The van der Waals surface area contributed by atoms with Crippen LogP contribution in [0.4, 0.5) is 14.9 Å². The highest BCUT2D eigenvalue weighted by Gasteiger charge is 2.47. The van der Waals surface area contributed by atoms with E-state index in [1.54, 1.807) is 30.2 Å². The lowest BCUT2D eigenvalue weighted by Crippen LogP contribution is -2.46. The number of aromatic nitrogens is 1. The van der Waals surface area contributed by atoms with Crippen molar-refractivity contribution in [2.45, 2.75) is 44.4 Å². The second-order valence-corrected chi connectivity index (χ2v) is 10.7. The van der Waals surface area contributed by atoms with E-state index in [0.717, 1.165) is 41.9 Å². The molecule has 2 saturated heterocycles. The Labute approximate surface area is 227 Å². The predicted molar refractivity (Wildman–Crippen MR) is 144 cm³/mol. The number of hydrogen-bond acceptors (Lipinski definition) is 6. The summed E-state index contributed by atoms with van der Waals surface area (Å²) in [6.45, 7) is 6.73. The number of likely N-dealkylation sites (tertiary alicyclic amines) is 1. The van der Waals surface area contributed by atoms with Crippen molar-refractivity contribution < 1.29 is 28.6 Å². The zero-order valence-corrected chi connectivity index (χ0v) is 22.3.